The summed E-state index contributed by atoms with van der Waals surface area (Å²) in [7, 11) is 0. The van der Waals surface area contributed by atoms with Crippen molar-refractivity contribution in [1.82, 2.24) is 10.3 Å². The molecule has 1 heterocycles. The van der Waals surface area contributed by atoms with Crippen LogP contribution in [0.5, 0.6) is 5.75 Å². The Morgan fingerprint density at radius 3 is 2.59 bits per heavy atom. The molecule has 5 nitrogen and oxygen atoms in total. The molecule has 4 aromatic rings. The van der Waals surface area contributed by atoms with Crippen molar-refractivity contribution in [3.63, 3.8) is 0 Å². The van der Waals surface area contributed by atoms with Crippen LogP contribution in [0.2, 0.25) is 0 Å². The zero-order chi connectivity index (χ0) is 24.1. The monoisotopic (exact) mass is 533 g/mol. The molecule has 0 atom stereocenters. The number of rotatable bonds is 6. The van der Waals surface area contributed by atoms with Gasteiger partial charge >= 0.3 is 0 Å². The number of nitrogens with zero attached hydrogens (tertiary/aromatic N) is 1. The molecule has 0 saturated carbocycles. The van der Waals surface area contributed by atoms with Gasteiger partial charge in [0.25, 0.3) is 5.91 Å². The van der Waals surface area contributed by atoms with Crippen LogP contribution in [0.4, 0.5) is 5.69 Å². The summed E-state index contributed by atoms with van der Waals surface area (Å²) in [6.07, 6.45) is 0. The van der Waals surface area contributed by atoms with E-state index in [1.165, 1.54) is 0 Å². The molecule has 0 unspecified atom stereocenters. The van der Waals surface area contributed by atoms with Gasteiger partial charge in [0.2, 0.25) is 0 Å². The van der Waals surface area contributed by atoms with Gasteiger partial charge in [0.15, 0.2) is 5.11 Å². The molecule has 1 aromatic heterocycles. The molecule has 0 fully saturated rings. The van der Waals surface area contributed by atoms with Crippen molar-refractivity contribution < 1.29 is 9.53 Å². The second-order valence-electron chi connectivity index (χ2n) is 8.19. The molecule has 0 aliphatic carbocycles. The number of benzene rings is 3. The quantitative estimate of drug-likeness (QED) is 0.266. The fourth-order valence-corrected chi connectivity index (χ4v) is 3.99. The largest absolute Gasteiger partial charge is 0.493 e. The van der Waals surface area contributed by atoms with Crippen LogP contribution < -0.4 is 15.4 Å². The average Bonchev–Trinajstić information content (AvgIpc) is 2.83. The second kappa shape index (κ2) is 10.8. The lowest BCUT2D eigenvalue weighted by atomic mass is 10.0. The zero-order valence-corrected chi connectivity index (χ0v) is 21.2. The number of hydrogen-bond donors (Lipinski definition) is 2. The Hall–Kier alpha value is -3.29. The van der Waals surface area contributed by atoms with Crippen molar-refractivity contribution >= 4 is 55.8 Å². The summed E-state index contributed by atoms with van der Waals surface area (Å²) in [5.74, 6) is 0.884. The molecule has 0 aliphatic rings. The van der Waals surface area contributed by atoms with E-state index < -0.39 is 0 Å². The maximum Gasteiger partial charge on any atom is 0.258 e. The number of hydrogen-bond acceptors (Lipinski definition) is 4. The smallest absolute Gasteiger partial charge is 0.258 e. The van der Waals surface area contributed by atoms with Crippen LogP contribution in [0.25, 0.3) is 22.2 Å². The van der Waals surface area contributed by atoms with Crippen molar-refractivity contribution in [3.8, 4) is 17.0 Å². The van der Waals surface area contributed by atoms with Crippen LogP contribution in [0.1, 0.15) is 24.2 Å². The minimum Gasteiger partial charge on any atom is -0.493 e. The summed E-state index contributed by atoms with van der Waals surface area (Å²) in [5, 5.41) is 6.81. The number of amides is 1. The van der Waals surface area contributed by atoms with E-state index in [-0.39, 0.29) is 11.0 Å². The number of fused-ring (bicyclic) bond motifs is 1. The van der Waals surface area contributed by atoms with Gasteiger partial charge in [-0.2, -0.15) is 0 Å². The van der Waals surface area contributed by atoms with Crippen molar-refractivity contribution in [3.05, 3.63) is 88.9 Å². The Kier molecular flexibility index (Phi) is 7.55. The van der Waals surface area contributed by atoms with Crippen LogP contribution in [-0.2, 0) is 0 Å². The van der Waals surface area contributed by atoms with E-state index in [4.69, 9.17) is 21.9 Å². The molecule has 2 N–H and O–H groups in total. The normalized spacial score (nSPS) is 10.8. The fraction of sp³-hybridized carbons (Fsp3) is 0.148. The highest BCUT2D eigenvalue weighted by atomic mass is 79.9. The highest BCUT2D eigenvalue weighted by Gasteiger charge is 2.16. The first-order chi connectivity index (χ1) is 16.4. The van der Waals surface area contributed by atoms with Gasteiger partial charge in [-0.3, -0.25) is 10.1 Å². The van der Waals surface area contributed by atoms with Gasteiger partial charge in [-0.05, 0) is 70.5 Å². The number of nitrogens with one attached hydrogen (secondary N) is 2. The maximum atomic E-state index is 13.3. The molecule has 0 radical (unpaired) electrons. The third-order valence-corrected chi connectivity index (χ3v) is 5.92. The number of ether oxygens (including phenoxy) is 1. The molecule has 1 amide bonds. The Balaban J connectivity index is 1.64. The lowest BCUT2D eigenvalue weighted by Gasteiger charge is -2.14. The molecule has 0 saturated heterocycles. The molecule has 34 heavy (non-hydrogen) atoms. The van der Waals surface area contributed by atoms with E-state index in [9.17, 15) is 4.79 Å². The van der Waals surface area contributed by atoms with Crippen molar-refractivity contribution in [2.24, 2.45) is 5.92 Å². The Morgan fingerprint density at radius 2 is 1.79 bits per heavy atom. The van der Waals surface area contributed by atoms with E-state index in [2.05, 4.69) is 40.4 Å². The lowest BCUT2D eigenvalue weighted by Crippen LogP contribution is -2.34. The molecule has 3 aromatic carbocycles. The molecule has 7 heteroatoms. The third kappa shape index (κ3) is 5.79. The maximum absolute atomic E-state index is 13.3. The number of thiocarbonyl (C=S) groups is 1. The number of carbonyl (C=O) groups is 1. The minimum atomic E-state index is -0.309. The Bertz CT molecular complexity index is 1360. The van der Waals surface area contributed by atoms with Crippen molar-refractivity contribution in [2.45, 2.75) is 13.8 Å². The summed E-state index contributed by atoms with van der Waals surface area (Å²) >= 11 is 8.87. The van der Waals surface area contributed by atoms with Crippen molar-refractivity contribution in [2.75, 3.05) is 11.9 Å². The third-order valence-electron chi connectivity index (χ3n) is 5.02. The second-order valence-corrected chi connectivity index (χ2v) is 9.46. The number of anilines is 1. The SMILES string of the molecule is CC(C)COc1cccc(-c2cc(C(=O)NC(=S)Nc3ccccc3Br)c3ccccc3n2)c1. The first kappa shape index (κ1) is 23.9. The molecular formula is C27H24BrN3O2S. The summed E-state index contributed by atoms with van der Waals surface area (Å²) in [4.78, 5) is 18.1. The summed E-state index contributed by atoms with van der Waals surface area (Å²) in [6, 6.07) is 24.7. The van der Waals surface area contributed by atoms with Crippen LogP contribution in [0.3, 0.4) is 0 Å². The summed E-state index contributed by atoms with van der Waals surface area (Å²) in [6.45, 7) is 4.84. The number of halogens is 1. The standard InChI is InChI=1S/C27H24BrN3O2S/c1-17(2)16-33-19-9-7-8-18(14-19)25-15-21(20-10-3-5-12-23(20)29-25)26(32)31-27(34)30-24-13-6-4-11-22(24)28/h3-15,17H,16H2,1-2H3,(H2,30,31,32,34). The van der Waals surface area contributed by atoms with Gasteiger partial charge in [-0.15, -0.1) is 0 Å². The topological polar surface area (TPSA) is 63.2 Å². The summed E-state index contributed by atoms with van der Waals surface area (Å²) < 4.78 is 6.73. The molecule has 0 aliphatic heterocycles. The number of para-hydroxylation sites is 2. The first-order valence-corrected chi connectivity index (χ1v) is 12.1. The van der Waals surface area contributed by atoms with E-state index >= 15 is 0 Å². The predicted octanol–water partition coefficient (Wildman–Crippen LogP) is 6.83. The number of carbonyl (C=O) groups excluding carboxylic acids is 1. The first-order valence-electron chi connectivity index (χ1n) is 10.9. The molecule has 0 bridgehead atoms. The number of aromatic nitrogens is 1. The van der Waals surface area contributed by atoms with Gasteiger partial charge in [0.05, 0.1) is 29.1 Å². The molecular weight excluding hydrogens is 510 g/mol. The van der Waals surface area contributed by atoms with E-state index in [0.717, 1.165) is 32.4 Å². The molecule has 0 spiro atoms. The Morgan fingerprint density at radius 1 is 1.03 bits per heavy atom. The predicted molar refractivity (Wildman–Crippen MR) is 145 cm³/mol. The highest BCUT2D eigenvalue weighted by molar-refractivity contribution is 9.10. The van der Waals surface area contributed by atoms with Gasteiger partial charge in [-0.25, -0.2) is 4.98 Å². The van der Waals surface area contributed by atoms with Crippen LogP contribution in [-0.4, -0.2) is 22.6 Å². The van der Waals surface area contributed by atoms with Gasteiger partial charge in [0, 0.05) is 15.4 Å². The van der Waals surface area contributed by atoms with Crippen LogP contribution >= 0.6 is 28.1 Å². The van der Waals surface area contributed by atoms with Crippen LogP contribution in [0.15, 0.2) is 83.3 Å². The van der Waals surface area contributed by atoms with E-state index in [1.807, 2.05) is 72.8 Å². The number of pyridine rings is 1. The average molecular weight is 534 g/mol. The van der Waals surface area contributed by atoms with Gasteiger partial charge in [0.1, 0.15) is 5.75 Å². The minimum absolute atomic E-state index is 0.212. The highest BCUT2D eigenvalue weighted by Crippen LogP contribution is 2.28. The zero-order valence-electron chi connectivity index (χ0n) is 18.8. The van der Waals surface area contributed by atoms with Crippen molar-refractivity contribution in [1.29, 1.82) is 0 Å². The lowest BCUT2D eigenvalue weighted by molar-refractivity contribution is 0.0979. The Labute approximate surface area is 212 Å². The van der Waals surface area contributed by atoms with E-state index in [0.29, 0.717) is 23.8 Å². The fourth-order valence-electron chi connectivity index (χ4n) is 3.41. The van der Waals surface area contributed by atoms with Crippen LogP contribution in [0, 0.1) is 5.92 Å². The molecule has 172 valence electrons. The van der Waals surface area contributed by atoms with Gasteiger partial charge < -0.3 is 10.1 Å². The summed E-state index contributed by atoms with van der Waals surface area (Å²) in [5.41, 5.74) is 3.54. The van der Waals surface area contributed by atoms with E-state index in [1.54, 1.807) is 6.07 Å². The van der Waals surface area contributed by atoms with Gasteiger partial charge in [-0.1, -0.05) is 56.3 Å². The molecule has 4 rings (SSSR count).